The average Bonchev–Trinajstić information content (AvgIpc) is 3.47. The van der Waals surface area contributed by atoms with E-state index < -0.39 is 12.1 Å². The lowest BCUT2D eigenvalue weighted by atomic mass is 10.1. The summed E-state index contributed by atoms with van der Waals surface area (Å²) in [5.41, 5.74) is 0. The van der Waals surface area contributed by atoms with Crippen LogP contribution in [0.1, 0.15) is 213 Å². The Kier molecular flexibility index (Phi) is 61.1. The summed E-state index contributed by atoms with van der Waals surface area (Å²) in [6.45, 7) is 6.19. The highest BCUT2D eigenvalue weighted by Gasteiger charge is 2.19. The molecule has 0 aromatic rings. The third-order valence-corrected chi connectivity index (χ3v) is 12.0. The first-order valence-corrected chi connectivity index (χ1v) is 31.2. The first-order chi connectivity index (χ1) is 40.0. The van der Waals surface area contributed by atoms with Crippen molar-refractivity contribution in [3.8, 4) is 0 Å². The van der Waals surface area contributed by atoms with Crippen LogP contribution in [-0.2, 0) is 28.6 Å². The van der Waals surface area contributed by atoms with Gasteiger partial charge in [-0.1, -0.05) is 265 Å². The molecule has 0 aromatic heterocycles. The topological polar surface area (TPSA) is 78.9 Å². The normalized spacial score (nSPS) is 13.7. The highest BCUT2D eigenvalue weighted by Crippen LogP contribution is 2.10. The number of carbonyl (C=O) groups is 3. The van der Waals surface area contributed by atoms with Crippen molar-refractivity contribution in [2.45, 2.75) is 219 Å². The molecule has 1 unspecified atom stereocenters. The van der Waals surface area contributed by atoms with E-state index in [0.29, 0.717) is 19.3 Å². The fourth-order valence-corrected chi connectivity index (χ4v) is 7.38. The van der Waals surface area contributed by atoms with Crippen LogP contribution in [0.2, 0.25) is 0 Å². The van der Waals surface area contributed by atoms with Gasteiger partial charge in [-0.05, 0) is 148 Å². The van der Waals surface area contributed by atoms with Gasteiger partial charge in [-0.25, -0.2) is 0 Å². The summed E-state index contributed by atoms with van der Waals surface area (Å²) >= 11 is 0. The second kappa shape index (κ2) is 66.2. The molecule has 81 heavy (non-hydrogen) atoms. The van der Waals surface area contributed by atoms with Gasteiger partial charge in [-0.15, -0.1) is 0 Å². The Morgan fingerprint density at radius 2 is 0.481 bits per heavy atom. The van der Waals surface area contributed by atoms with Gasteiger partial charge in [0.25, 0.3) is 0 Å². The van der Waals surface area contributed by atoms with Gasteiger partial charge in [0.15, 0.2) is 6.10 Å². The van der Waals surface area contributed by atoms with Crippen molar-refractivity contribution < 1.29 is 28.6 Å². The molecule has 0 bridgehead atoms. The number of allylic oxidation sites excluding steroid dienone is 36. The van der Waals surface area contributed by atoms with E-state index >= 15 is 0 Å². The minimum Gasteiger partial charge on any atom is -0.462 e. The van der Waals surface area contributed by atoms with E-state index in [9.17, 15) is 14.4 Å². The predicted molar refractivity (Wildman–Crippen MR) is 352 cm³/mol. The lowest BCUT2D eigenvalue weighted by Gasteiger charge is -2.18. The Labute approximate surface area is 495 Å². The Morgan fingerprint density at radius 1 is 0.259 bits per heavy atom. The van der Waals surface area contributed by atoms with Crippen molar-refractivity contribution in [1.82, 2.24) is 0 Å². The maximum Gasteiger partial charge on any atom is 0.306 e. The first-order valence-electron chi connectivity index (χ1n) is 31.2. The molecule has 0 aliphatic carbocycles. The summed E-state index contributed by atoms with van der Waals surface area (Å²) in [5.74, 6) is -1.09. The van der Waals surface area contributed by atoms with Crippen LogP contribution in [0.3, 0.4) is 0 Å². The van der Waals surface area contributed by atoms with E-state index in [4.69, 9.17) is 14.2 Å². The quantitative estimate of drug-likeness (QED) is 0.0261. The Balaban J connectivity index is 4.35. The number of unbranched alkanes of at least 4 members (excludes halogenated alkanes) is 6. The van der Waals surface area contributed by atoms with Crippen LogP contribution in [0.25, 0.3) is 0 Å². The van der Waals surface area contributed by atoms with Crippen molar-refractivity contribution in [1.29, 1.82) is 0 Å². The molecule has 446 valence electrons. The van der Waals surface area contributed by atoms with Crippen molar-refractivity contribution >= 4 is 17.9 Å². The SMILES string of the molecule is CC/C=C\C/C=C\C/C=C\C/C=C\C/C=C\C/C=C\C/C=C\C/C=C\C/C=C\CCCC(=O)OCC(COC(=O)CCCCCCC)OC(=O)CCC/C=C\C/C=C\C/C=C\C/C=C\C/C=C\C/C=C\C/C=C\C/C=C\C/C=C\CC. The molecule has 0 heterocycles. The van der Waals surface area contributed by atoms with Crippen LogP contribution < -0.4 is 0 Å². The number of ether oxygens (including phenoxy) is 3. The highest BCUT2D eigenvalue weighted by atomic mass is 16.6. The van der Waals surface area contributed by atoms with E-state index in [1.165, 1.54) is 0 Å². The molecule has 1 atom stereocenters. The second-order valence-electron chi connectivity index (χ2n) is 19.5. The predicted octanol–water partition coefficient (Wildman–Crippen LogP) is 21.8. The molecule has 0 amide bonds. The number of hydrogen-bond acceptors (Lipinski definition) is 6. The van der Waals surface area contributed by atoms with Gasteiger partial charge >= 0.3 is 17.9 Å². The second-order valence-corrected chi connectivity index (χ2v) is 19.5. The summed E-state index contributed by atoms with van der Waals surface area (Å²) in [6, 6.07) is 0. The minimum absolute atomic E-state index is 0.133. The van der Waals surface area contributed by atoms with Crippen LogP contribution in [0.5, 0.6) is 0 Å². The molecule has 0 spiro atoms. The van der Waals surface area contributed by atoms with Gasteiger partial charge in [0, 0.05) is 19.3 Å². The molecular formula is C75H110O6. The van der Waals surface area contributed by atoms with Crippen LogP contribution >= 0.6 is 0 Å². The average molecular weight is 1110 g/mol. The molecule has 0 saturated heterocycles. The number of esters is 3. The number of carbonyl (C=O) groups excluding carboxylic acids is 3. The maximum absolute atomic E-state index is 12.8. The third kappa shape index (κ3) is 64.4. The van der Waals surface area contributed by atoms with Crippen molar-refractivity contribution in [2.24, 2.45) is 0 Å². The van der Waals surface area contributed by atoms with E-state index in [-0.39, 0.29) is 38.0 Å². The Bertz CT molecular complexity index is 2050. The lowest BCUT2D eigenvalue weighted by molar-refractivity contribution is -0.167. The molecule has 0 saturated carbocycles. The summed E-state index contributed by atoms with van der Waals surface area (Å²) in [4.78, 5) is 37.9. The fraction of sp³-hybridized carbons (Fsp3) is 0.480. The molecule has 0 aliphatic rings. The summed E-state index contributed by atoms with van der Waals surface area (Å²) in [6.07, 6.45) is 104. The van der Waals surface area contributed by atoms with Crippen molar-refractivity contribution in [3.63, 3.8) is 0 Å². The lowest BCUT2D eigenvalue weighted by Crippen LogP contribution is -2.30. The van der Waals surface area contributed by atoms with Crippen molar-refractivity contribution in [3.05, 3.63) is 219 Å². The number of rotatable bonds is 53. The van der Waals surface area contributed by atoms with Gasteiger partial charge in [-0.2, -0.15) is 0 Å². The Morgan fingerprint density at radius 3 is 0.741 bits per heavy atom. The molecule has 6 nitrogen and oxygen atoms in total. The molecular weight excluding hydrogens is 997 g/mol. The summed E-state index contributed by atoms with van der Waals surface area (Å²) in [5, 5.41) is 0. The van der Waals surface area contributed by atoms with Crippen LogP contribution in [0, 0.1) is 0 Å². The zero-order valence-electron chi connectivity index (χ0n) is 50.9. The molecule has 0 fully saturated rings. The standard InChI is InChI=1S/C75H110O6/c1-4-7-10-13-15-17-19-21-23-25-27-29-31-33-35-37-39-41-43-45-47-49-51-53-55-57-59-62-65-68-74(77)80-71-72(70-79-73(76)67-64-61-12-9-6-3)81-75(78)69-66-63-60-58-56-54-52-50-48-46-44-42-40-38-36-34-32-30-28-26-24-22-20-18-16-14-11-8-5-2/h7-8,10-11,15-18,21-24,27-30,33-36,39-42,45-48,51-54,57-60,72H,4-6,9,12-14,19-20,25-26,31-32,37-38,43-44,49-50,55-56,61-71H2,1-3H3/b10-7-,11-8-,17-15-,18-16-,23-21-,24-22-,29-27-,30-28-,35-33-,36-34-,41-39-,42-40-,47-45-,48-46-,53-51-,54-52-,59-57-,60-58-. The van der Waals surface area contributed by atoms with Crippen LogP contribution in [0.15, 0.2) is 219 Å². The third-order valence-electron chi connectivity index (χ3n) is 12.0. The monoisotopic (exact) mass is 1110 g/mol. The van der Waals surface area contributed by atoms with Gasteiger partial charge in [0.1, 0.15) is 13.2 Å². The van der Waals surface area contributed by atoms with Crippen LogP contribution in [-0.4, -0.2) is 37.2 Å². The minimum atomic E-state index is -0.843. The van der Waals surface area contributed by atoms with Gasteiger partial charge in [0.05, 0.1) is 0 Å². The molecule has 0 aromatic carbocycles. The molecule has 0 aliphatic heterocycles. The number of hydrogen-bond donors (Lipinski definition) is 0. The molecule has 0 radical (unpaired) electrons. The molecule has 6 heteroatoms. The first kappa shape index (κ1) is 74.7. The maximum atomic E-state index is 12.8. The van der Waals surface area contributed by atoms with Crippen molar-refractivity contribution in [2.75, 3.05) is 13.2 Å². The van der Waals surface area contributed by atoms with E-state index in [1.54, 1.807) is 0 Å². The molecule has 0 N–H and O–H groups in total. The zero-order valence-corrected chi connectivity index (χ0v) is 50.9. The molecule has 0 rings (SSSR count). The Hall–Kier alpha value is -6.27. The smallest absolute Gasteiger partial charge is 0.306 e. The van der Waals surface area contributed by atoms with Gasteiger partial charge in [0.2, 0.25) is 0 Å². The highest BCUT2D eigenvalue weighted by molar-refractivity contribution is 5.71. The van der Waals surface area contributed by atoms with E-state index in [1.807, 2.05) is 0 Å². The van der Waals surface area contributed by atoms with E-state index in [0.717, 1.165) is 161 Å². The van der Waals surface area contributed by atoms with Crippen LogP contribution in [0.4, 0.5) is 0 Å². The van der Waals surface area contributed by atoms with Gasteiger partial charge < -0.3 is 14.2 Å². The summed E-state index contributed by atoms with van der Waals surface area (Å²) < 4.78 is 16.6. The largest absolute Gasteiger partial charge is 0.462 e. The van der Waals surface area contributed by atoms with E-state index in [2.05, 4.69) is 240 Å². The van der Waals surface area contributed by atoms with Gasteiger partial charge in [-0.3, -0.25) is 14.4 Å². The fourth-order valence-electron chi connectivity index (χ4n) is 7.38. The summed E-state index contributed by atoms with van der Waals surface area (Å²) in [7, 11) is 0. The zero-order chi connectivity index (χ0) is 58.5.